The molecule has 178 valence electrons. The molecule has 0 amide bonds. The smallest absolute Gasteiger partial charge is 0.0652 e. The van der Waals surface area contributed by atoms with E-state index in [0.717, 1.165) is 32.9 Å². The Morgan fingerprint density at radius 2 is 1.08 bits per heavy atom. The highest BCUT2D eigenvalue weighted by Gasteiger charge is 2.17. The monoisotopic (exact) mass is 491 g/mol. The number of fused-ring (bicyclic) bond motifs is 6. The van der Waals surface area contributed by atoms with Crippen molar-refractivity contribution in [3.8, 4) is 22.5 Å². The van der Waals surface area contributed by atoms with Crippen molar-refractivity contribution in [1.29, 1.82) is 0 Å². The van der Waals surface area contributed by atoms with Crippen LogP contribution in [0.1, 0.15) is 9.60 Å². The molecule has 0 atom stereocenters. The SMILES string of the molecule is [2H]c1c([2H])c([2H])c2c(c1[2H])c1c([2H])c(-n3c4ccccc4c4ccccc43)c([2H])c([2H])c1n2-c1ccccc1-c1ccccc1. The topological polar surface area (TPSA) is 9.86 Å². The second-order valence-electron chi connectivity index (χ2n) is 9.26. The van der Waals surface area contributed by atoms with Crippen molar-refractivity contribution in [2.45, 2.75) is 0 Å². The summed E-state index contributed by atoms with van der Waals surface area (Å²) in [5.74, 6) is 0. The largest absolute Gasteiger partial charge is 0.309 e. The van der Waals surface area contributed by atoms with E-state index in [0.29, 0.717) is 5.69 Å². The van der Waals surface area contributed by atoms with Gasteiger partial charge in [-0.25, -0.2) is 0 Å². The summed E-state index contributed by atoms with van der Waals surface area (Å²) in [4.78, 5) is 0. The van der Waals surface area contributed by atoms with Gasteiger partial charge in [-0.1, -0.05) is 103 Å². The first-order valence-electron chi connectivity index (χ1n) is 16.0. The van der Waals surface area contributed by atoms with E-state index < -0.39 is 12.1 Å². The van der Waals surface area contributed by atoms with Crippen molar-refractivity contribution in [2.24, 2.45) is 0 Å². The number of benzene rings is 6. The van der Waals surface area contributed by atoms with Crippen LogP contribution in [0.25, 0.3) is 66.1 Å². The minimum absolute atomic E-state index is 0.0801. The lowest BCUT2D eigenvalue weighted by Crippen LogP contribution is -1.97. The van der Waals surface area contributed by atoms with E-state index in [2.05, 4.69) is 0 Å². The van der Waals surface area contributed by atoms with Gasteiger partial charge in [0.15, 0.2) is 0 Å². The van der Waals surface area contributed by atoms with Crippen LogP contribution in [0.3, 0.4) is 0 Å². The Labute approximate surface area is 230 Å². The van der Waals surface area contributed by atoms with Gasteiger partial charge in [0.25, 0.3) is 0 Å². The minimum Gasteiger partial charge on any atom is -0.309 e. The van der Waals surface area contributed by atoms with E-state index >= 15 is 0 Å². The molecule has 0 bridgehead atoms. The molecular formula is C36H24N2. The maximum absolute atomic E-state index is 9.68. The zero-order valence-electron chi connectivity index (χ0n) is 27.2. The fraction of sp³-hybridized carbons (Fsp3) is 0. The molecule has 2 heterocycles. The molecule has 8 rings (SSSR count). The van der Waals surface area contributed by atoms with Gasteiger partial charge in [0.1, 0.15) is 0 Å². The lowest BCUT2D eigenvalue weighted by atomic mass is 10.0. The Hall–Kier alpha value is -5.08. The summed E-state index contributed by atoms with van der Waals surface area (Å²) in [5, 5.41) is 2.25. The van der Waals surface area contributed by atoms with Gasteiger partial charge in [-0.15, -0.1) is 0 Å². The van der Waals surface area contributed by atoms with Gasteiger partial charge in [-0.2, -0.15) is 0 Å². The standard InChI is InChI=1S/C36H24N2/c1-2-12-25(13-3-1)27-14-4-8-18-32(27)38-35-21-11-7-17-30(35)31-24-26(22-23-36(31)38)37-33-19-9-5-15-28(33)29-16-6-10-20-34(29)37/h1-24H/i7D,11D,17D,21D,22D,23D,24D. The maximum Gasteiger partial charge on any atom is 0.0652 e. The van der Waals surface area contributed by atoms with Gasteiger partial charge in [-0.3, -0.25) is 0 Å². The van der Waals surface area contributed by atoms with Crippen LogP contribution in [0, 0.1) is 0 Å². The van der Waals surface area contributed by atoms with E-state index in [4.69, 9.17) is 5.48 Å². The highest BCUT2D eigenvalue weighted by atomic mass is 15.0. The van der Waals surface area contributed by atoms with Crippen LogP contribution >= 0.6 is 0 Å². The average molecular weight is 492 g/mol. The summed E-state index contributed by atoms with van der Waals surface area (Å²) in [6, 6.07) is 30.9. The second kappa shape index (κ2) is 8.22. The zero-order chi connectivity index (χ0) is 31.1. The third-order valence-corrected chi connectivity index (χ3v) is 7.18. The van der Waals surface area contributed by atoms with E-state index in [1.165, 1.54) is 0 Å². The van der Waals surface area contributed by atoms with Gasteiger partial charge in [0.2, 0.25) is 0 Å². The van der Waals surface area contributed by atoms with Crippen molar-refractivity contribution in [3.05, 3.63) is 145 Å². The number of rotatable bonds is 3. The first-order chi connectivity index (χ1) is 21.8. The molecule has 0 N–H and O–H groups in total. The molecule has 6 aromatic carbocycles. The Balaban J connectivity index is 1.62. The lowest BCUT2D eigenvalue weighted by molar-refractivity contribution is 1.17. The molecular weight excluding hydrogens is 460 g/mol. The van der Waals surface area contributed by atoms with E-state index in [9.17, 15) is 4.11 Å². The predicted molar refractivity (Wildman–Crippen MR) is 161 cm³/mol. The average Bonchev–Trinajstić information content (AvgIpc) is 3.60. The zero-order valence-corrected chi connectivity index (χ0v) is 20.2. The molecule has 0 unspecified atom stereocenters. The van der Waals surface area contributed by atoms with Crippen LogP contribution in [0.4, 0.5) is 0 Å². The molecule has 38 heavy (non-hydrogen) atoms. The molecule has 8 aromatic rings. The van der Waals surface area contributed by atoms with Crippen LogP contribution in [-0.2, 0) is 0 Å². The van der Waals surface area contributed by atoms with Crippen LogP contribution in [0.2, 0.25) is 0 Å². The molecule has 0 spiro atoms. The van der Waals surface area contributed by atoms with Crippen molar-refractivity contribution in [1.82, 2.24) is 9.13 Å². The van der Waals surface area contributed by atoms with Gasteiger partial charge in [-0.05, 0) is 47.9 Å². The summed E-state index contributed by atoms with van der Waals surface area (Å²) < 4.78 is 67.2. The molecule has 0 radical (unpaired) electrons. The highest BCUT2D eigenvalue weighted by molar-refractivity contribution is 6.12. The second-order valence-corrected chi connectivity index (χ2v) is 9.26. The number of nitrogens with zero attached hydrogens (tertiary/aromatic N) is 2. The fourth-order valence-electron chi connectivity index (χ4n) is 5.55. The van der Waals surface area contributed by atoms with Gasteiger partial charge < -0.3 is 9.13 Å². The lowest BCUT2D eigenvalue weighted by Gasteiger charge is -2.14. The molecule has 2 aromatic heterocycles. The Bertz CT molecular complexity index is 2460. The third kappa shape index (κ3) is 3.01. The fourth-order valence-corrected chi connectivity index (χ4v) is 5.55. The van der Waals surface area contributed by atoms with Gasteiger partial charge in [0, 0.05) is 32.8 Å². The predicted octanol–water partition coefficient (Wildman–Crippen LogP) is 9.55. The minimum atomic E-state index is -0.415. The summed E-state index contributed by atoms with van der Waals surface area (Å²) in [5.41, 5.74) is 4.36. The van der Waals surface area contributed by atoms with Crippen molar-refractivity contribution >= 4 is 43.6 Å². The van der Waals surface area contributed by atoms with Crippen molar-refractivity contribution in [2.75, 3.05) is 0 Å². The van der Waals surface area contributed by atoms with E-state index in [-0.39, 0.29) is 57.7 Å². The van der Waals surface area contributed by atoms with Crippen LogP contribution < -0.4 is 0 Å². The summed E-state index contributed by atoms with van der Waals surface area (Å²) in [6.45, 7) is 0. The number of hydrogen-bond donors (Lipinski definition) is 0. The number of hydrogen-bond acceptors (Lipinski definition) is 0. The third-order valence-electron chi connectivity index (χ3n) is 7.18. The van der Waals surface area contributed by atoms with E-state index in [1.54, 1.807) is 4.57 Å². The molecule has 0 aliphatic carbocycles. The normalized spacial score (nSPS) is 14.3. The molecule has 2 nitrogen and oxygen atoms in total. The van der Waals surface area contributed by atoms with Gasteiger partial charge in [0.05, 0.1) is 37.3 Å². The van der Waals surface area contributed by atoms with Crippen LogP contribution in [0.15, 0.2) is 145 Å². The quantitative estimate of drug-likeness (QED) is 0.233. The molecule has 0 aliphatic rings. The van der Waals surface area contributed by atoms with Crippen molar-refractivity contribution < 1.29 is 9.60 Å². The molecule has 0 fully saturated rings. The Morgan fingerprint density at radius 3 is 1.87 bits per heavy atom. The van der Waals surface area contributed by atoms with Gasteiger partial charge >= 0.3 is 0 Å². The van der Waals surface area contributed by atoms with E-state index in [1.807, 2.05) is 108 Å². The summed E-state index contributed by atoms with van der Waals surface area (Å²) in [7, 11) is 0. The molecule has 0 aliphatic heterocycles. The van der Waals surface area contributed by atoms with Crippen LogP contribution in [0.5, 0.6) is 0 Å². The van der Waals surface area contributed by atoms with Crippen LogP contribution in [-0.4, -0.2) is 9.13 Å². The van der Waals surface area contributed by atoms with Crippen molar-refractivity contribution in [3.63, 3.8) is 0 Å². The summed E-state index contributed by atoms with van der Waals surface area (Å²) in [6.07, 6.45) is 0. The molecule has 0 saturated carbocycles. The Morgan fingerprint density at radius 1 is 0.447 bits per heavy atom. The first kappa shape index (κ1) is 15.2. The highest BCUT2D eigenvalue weighted by Crippen LogP contribution is 2.38. The number of para-hydroxylation sites is 4. The maximum atomic E-state index is 9.68. The number of aromatic nitrogens is 2. The summed E-state index contributed by atoms with van der Waals surface area (Å²) >= 11 is 0. The molecule has 0 saturated heterocycles. The Kier molecular flexibility index (Phi) is 3.30. The molecule has 2 heteroatoms. The first-order valence-corrected chi connectivity index (χ1v) is 12.5.